The molecule has 2 saturated heterocycles. The highest BCUT2D eigenvalue weighted by Gasteiger charge is 2.34. The standard InChI is InChI=1S/C13H16BrFN2/c14-10-1-2-13(11(15)7-10)16-12-4-6-17-5-3-9(12)8-17/h1-2,7,9,12,16H,3-6,8H2. The molecule has 92 valence electrons. The van der Waals surface area contributed by atoms with E-state index < -0.39 is 0 Å². The van der Waals surface area contributed by atoms with Crippen molar-refractivity contribution in [2.45, 2.75) is 18.9 Å². The summed E-state index contributed by atoms with van der Waals surface area (Å²) in [5.41, 5.74) is 0.638. The van der Waals surface area contributed by atoms with Crippen LogP contribution in [0, 0.1) is 11.7 Å². The molecule has 2 bridgehead atoms. The largest absolute Gasteiger partial charge is 0.380 e. The summed E-state index contributed by atoms with van der Waals surface area (Å²) in [6.45, 7) is 3.54. The van der Waals surface area contributed by atoms with Gasteiger partial charge in [0.1, 0.15) is 5.82 Å². The van der Waals surface area contributed by atoms with Gasteiger partial charge >= 0.3 is 0 Å². The summed E-state index contributed by atoms with van der Waals surface area (Å²) in [7, 11) is 0. The first-order valence-corrected chi connectivity index (χ1v) is 6.95. The lowest BCUT2D eigenvalue weighted by molar-refractivity contribution is 0.254. The molecule has 0 saturated carbocycles. The number of nitrogens with one attached hydrogen (secondary N) is 1. The van der Waals surface area contributed by atoms with E-state index in [0.717, 1.165) is 17.4 Å². The Labute approximate surface area is 109 Å². The molecule has 0 aromatic heterocycles. The molecule has 2 nitrogen and oxygen atoms in total. The Kier molecular flexibility index (Phi) is 3.09. The van der Waals surface area contributed by atoms with Gasteiger partial charge in [-0.1, -0.05) is 15.9 Å². The van der Waals surface area contributed by atoms with Crippen LogP contribution >= 0.6 is 15.9 Å². The number of nitrogens with zero attached hydrogens (tertiary/aromatic N) is 1. The molecule has 4 heteroatoms. The van der Waals surface area contributed by atoms with Gasteiger partial charge in [0.25, 0.3) is 0 Å². The molecule has 2 aliphatic rings. The van der Waals surface area contributed by atoms with Crippen molar-refractivity contribution in [3.8, 4) is 0 Å². The maximum Gasteiger partial charge on any atom is 0.147 e. The molecule has 0 aliphatic carbocycles. The van der Waals surface area contributed by atoms with Gasteiger partial charge in [0, 0.05) is 23.6 Å². The molecule has 0 spiro atoms. The molecule has 0 radical (unpaired) electrons. The van der Waals surface area contributed by atoms with E-state index in [-0.39, 0.29) is 5.82 Å². The Morgan fingerprint density at radius 2 is 2.12 bits per heavy atom. The molecular weight excluding hydrogens is 283 g/mol. The number of fused-ring (bicyclic) bond motifs is 2. The second-order valence-corrected chi connectivity index (χ2v) is 5.93. The summed E-state index contributed by atoms with van der Waals surface area (Å²) in [6.07, 6.45) is 2.37. The number of hydrogen-bond acceptors (Lipinski definition) is 2. The zero-order chi connectivity index (χ0) is 11.8. The Morgan fingerprint density at radius 3 is 2.94 bits per heavy atom. The maximum absolute atomic E-state index is 13.7. The number of anilines is 1. The van der Waals surface area contributed by atoms with Crippen LogP contribution in [0.1, 0.15) is 12.8 Å². The van der Waals surface area contributed by atoms with Gasteiger partial charge in [-0.2, -0.15) is 0 Å². The van der Waals surface area contributed by atoms with Gasteiger partial charge in [-0.3, -0.25) is 0 Å². The van der Waals surface area contributed by atoms with E-state index in [1.165, 1.54) is 25.6 Å². The third-order valence-corrected chi connectivity index (χ3v) is 4.40. The van der Waals surface area contributed by atoms with E-state index in [2.05, 4.69) is 26.1 Å². The highest BCUT2D eigenvalue weighted by atomic mass is 79.9. The van der Waals surface area contributed by atoms with E-state index in [0.29, 0.717) is 17.6 Å². The van der Waals surface area contributed by atoms with E-state index >= 15 is 0 Å². The smallest absolute Gasteiger partial charge is 0.147 e. The SMILES string of the molecule is Fc1cc(Br)ccc1NC1CCN2CCC1C2. The first kappa shape index (κ1) is 11.5. The second-order valence-electron chi connectivity index (χ2n) is 5.01. The molecule has 2 aliphatic heterocycles. The van der Waals surface area contributed by atoms with E-state index in [9.17, 15) is 4.39 Å². The van der Waals surface area contributed by atoms with Crippen molar-refractivity contribution in [3.63, 3.8) is 0 Å². The van der Waals surface area contributed by atoms with E-state index in [1.54, 1.807) is 0 Å². The fourth-order valence-electron chi connectivity index (χ4n) is 2.95. The third kappa shape index (κ3) is 2.33. The van der Waals surface area contributed by atoms with Crippen LogP contribution in [-0.2, 0) is 0 Å². The van der Waals surface area contributed by atoms with Crippen LogP contribution in [0.5, 0.6) is 0 Å². The van der Waals surface area contributed by atoms with Gasteiger partial charge in [0.15, 0.2) is 0 Å². The molecule has 3 rings (SSSR count). The minimum absolute atomic E-state index is 0.167. The highest BCUT2D eigenvalue weighted by molar-refractivity contribution is 9.10. The van der Waals surface area contributed by atoms with Gasteiger partial charge in [-0.05, 0) is 43.5 Å². The molecule has 1 aromatic rings. The topological polar surface area (TPSA) is 15.3 Å². The Morgan fingerprint density at radius 1 is 1.29 bits per heavy atom. The number of piperidine rings is 1. The third-order valence-electron chi connectivity index (χ3n) is 3.91. The van der Waals surface area contributed by atoms with E-state index in [4.69, 9.17) is 0 Å². The molecule has 3 unspecified atom stereocenters. The molecule has 1 aromatic carbocycles. The Balaban J connectivity index is 1.73. The predicted octanol–water partition coefficient (Wildman–Crippen LogP) is 3.09. The summed E-state index contributed by atoms with van der Waals surface area (Å²) in [5.74, 6) is 0.520. The Bertz CT molecular complexity index is 424. The van der Waals surface area contributed by atoms with Crippen LogP contribution in [0.4, 0.5) is 10.1 Å². The van der Waals surface area contributed by atoms with Crippen molar-refractivity contribution in [1.29, 1.82) is 0 Å². The first-order valence-electron chi connectivity index (χ1n) is 6.16. The lowest BCUT2D eigenvalue weighted by atomic mass is 9.94. The molecule has 0 amide bonds. The summed E-state index contributed by atoms with van der Waals surface area (Å²) in [4.78, 5) is 2.50. The van der Waals surface area contributed by atoms with Gasteiger partial charge in [0.2, 0.25) is 0 Å². The average molecular weight is 299 g/mol. The summed E-state index contributed by atoms with van der Waals surface area (Å²) < 4.78 is 14.5. The molecule has 2 fully saturated rings. The van der Waals surface area contributed by atoms with Crippen molar-refractivity contribution < 1.29 is 4.39 Å². The molecular formula is C13H16BrFN2. The molecule has 2 heterocycles. The highest BCUT2D eigenvalue weighted by Crippen LogP contribution is 2.30. The minimum Gasteiger partial charge on any atom is -0.380 e. The number of benzene rings is 1. The summed E-state index contributed by atoms with van der Waals surface area (Å²) in [5, 5.41) is 3.38. The zero-order valence-corrected chi connectivity index (χ0v) is 11.2. The van der Waals surface area contributed by atoms with Crippen LogP contribution in [0.15, 0.2) is 22.7 Å². The van der Waals surface area contributed by atoms with Crippen molar-refractivity contribution in [2.75, 3.05) is 25.0 Å². The average Bonchev–Trinajstić information content (AvgIpc) is 2.69. The normalized spacial score (nSPS) is 31.5. The van der Waals surface area contributed by atoms with Crippen molar-refractivity contribution >= 4 is 21.6 Å². The van der Waals surface area contributed by atoms with E-state index in [1.807, 2.05) is 12.1 Å². The summed E-state index contributed by atoms with van der Waals surface area (Å²) in [6, 6.07) is 5.66. The van der Waals surface area contributed by atoms with Crippen LogP contribution in [0.3, 0.4) is 0 Å². The molecule has 1 N–H and O–H groups in total. The van der Waals surface area contributed by atoms with Crippen LogP contribution in [0.2, 0.25) is 0 Å². The van der Waals surface area contributed by atoms with Crippen LogP contribution < -0.4 is 5.32 Å². The monoisotopic (exact) mass is 298 g/mol. The zero-order valence-electron chi connectivity index (χ0n) is 9.63. The number of rotatable bonds is 2. The molecule has 17 heavy (non-hydrogen) atoms. The maximum atomic E-state index is 13.7. The lowest BCUT2D eigenvalue weighted by Crippen LogP contribution is -2.39. The van der Waals surface area contributed by atoms with Gasteiger partial charge in [-0.15, -0.1) is 0 Å². The van der Waals surface area contributed by atoms with Crippen molar-refractivity contribution in [1.82, 2.24) is 4.90 Å². The minimum atomic E-state index is -0.167. The lowest BCUT2D eigenvalue weighted by Gasteiger charge is -2.31. The van der Waals surface area contributed by atoms with Crippen LogP contribution in [-0.4, -0.2) is 30.6 Å². The fraction of sp³-hybridized carbons (Fsp3) is 0.538. The van der Waals surface area contributed by atoms with Crippen molar-refractivity contribution in [3.05, 3.63) is 28.5 Å². The fourth-order valence-corrected chi connectivity index (χ4v) is 3.28. The predicted molar refractivity (Wildman–Crippen MR) is 70.7 cm³/mol. The number of halogens is 2. The van der Waals surface area contributed by atoms with Gasteiger partial charge < -0.3 is 10.2 Å². The van der Waals surface area contributed by atoms with Gasteiger partial charge in [-0.25, -0.2) is 4.39 Å². The second kappa shape index (κ2) is 4.58. The van der Waals surface area contributed by atoms with Gasteiger partial charge in [0.05, 0.1) is 5.69 Å². The van der Waals surface area contributed by atoms with Crippen molar-refractivity contribution in [2.24, 2.45) is 5.92 Å². The van der Waals surface area contributed by atoms with Crippen LogP contribution in [0.25, 0.3) is 0 Å². The summed E-state index contributed by atoms with van der Waals surface area (Å²) >= 11 is 3.28. The molecule has 3 atom stereocenters. The number of hydrogen-bond donors (Lipinski definition) is 1. The Hall–Kier alpha value is -0.610. The quantitative estimate of drug-likeness (QED) is 0.903. The first-order chi connectivity index (χ1) is 8.22.